The van der Waals surface area contributed by atoms with Crippen molar-refractivity contribution in [2.45, 2.75) is 45.2 Å². The van der Waals surface area contributed by atoms with Crippen LogP contribution in [0.1, 0.15) is 38.2 Å². The molecule has 4 heteroatoms. The van der Waals surface area contributed by atoms with Crippen molar-refractivity contribution in [3.05, 3.63) is 28.8 Å². The second kappa shape index (κ2) is 7.87. The predicted molar refractivity (Wildman–Crippen MR) is 85.5 cm³/mol. The van der Waals surface area contributed by atoms with E-state index >= 15 is 0 Å². The molecule has 1 aromatic rings. The fourth-order valence-electron chi connectivity index (χ4n) is 3.02. The first-order valence-electron chi connectivity index (χ1n) is 7.63. The summed E-state index contributed by atoms with van der Waals surface area (Å²) in [4.78, 5) is 2.50. The molecule has 0 radical (unpaired) electrons. The molecule has 0 saturated carbocycles. The van der Waals surface area contributed by atoms with Gasteiger partial charge in [0.1, 0.15) is 0 Å². The number of aliphatic hydroxyl groups excluding tert-OH is 1. The second-order valence-electron chi connectivity index (χ2n) is 5.41. The third kappa shape index (κ3) is 3.87. The Bertz CT molecular complexity index is 425. The Labute approximate surface area is 126 Å². The molecule has 20 heavy (non-hydrogen) atoms. The van der Waals surface area contributed by atoms with E-state index in [-0.39, 0.29) is 6.61 Å². The highest BCUT2D eigenvalue weighted by molar-refractivity contribution is 6.30. The molecule has 112 valence electrons. The summed E-state index contributed by atoms with van der Waals surface area (Å²) in [6.45, 7) is 5.33. The van der Waals surface area contributed by atoms with E-state index in [9.17, 15) is 0 Å². The Morgan fingerprint density at radius 2 is 2.30 bits per heavy atom. The highest BCUT2D eigenvalue weighted by Crippen LogP contribution is 2.32. The van der Waals surface area contributed by atoms with Crippen LogP contribution in [-0.2, 0) is 6.54 Å². The van der Waals surface area contributed by atoms with E-state index in [4.69, 9.17) is 16.7 Å². The summed E-state index contributed by atoms with van der Waals surface area (Å²) in [6, 6.07) is 6.75. The molecule has 1 aliphatic rings. The van der Waals surface area contributed by atoms with Crippen LogP contribution >= 0.6 is 11.6 Å². The molecule has 2 N–H and O–H groups in total. The molecule has 0 bridgehead atoms. The van der Waals surface area contributed by atoms with Gasteiger partial charge in [-0.05, 0) is 56.0 Å². The van der Waals surface area contributed by atoms with Gasteiger partial charge >= 0.3 is 0 Å². The summed E-state index contributed by atoms with van der Waals surface area (Å²) >= 11 is 6.14. The Kier molecular flexibility index (Phi) is 6.14. The van der Waals surface area contributed by atoms with Crippen molar-refractivity contribution in [3.8, 4) is 0 Å². The van der Waals surface area contributed by atoms with Crippen LogP contribution in [0.15, 0.2) is 18.2 Å². The molecule has 1 heterocycles. The van der Waals surface area contributed by atoms with Crippen LogP contribution in [0.2, 0.25) is 5.02 Å². The highest BCUT2D eigenvalue weighted by Gasteiger charge is 2.25. The molecule has 0 aliphatic carbocycles. The lowest BCUT2D eigenvalue weighted by Crippen LogP contribution is -2.30. The quantitative estimate of drug-likeness (QED) is 0.811. The summed E-state index contributed by atoms with van der Waals surface area (Å²) in [6.07, 6.45) is 4.42. The van der Waals surface area contributed by atoms with Crippen LogP contribution in [0.4, 0.5) is 5.69 Å². The van der Waals surface area contributed by atoms with E-state index in [0.717, 1.165) is 37.5 Å². The minimum Gasteiger partial charge on any atom is -0.396 e. The van der Waals surface area contributed by atoms with E-state index in [1.165, 1.54) is 24.1 Å². The van der Waals surface area contributed by atoms with Gasteiger partial charge in [0.15, 0.2) is 0 Å². The number of benzene rings is 1. The van der Waals surface area contributed by atoms with E-state index < -0.39 is 0 Å². The van der Waals surface area contributed by atoms with E-state index in [0.29, 0.717) is 6.04 Å². The molecule has 1 saturated heterocycles. The van der Waals surface area contributed by atoms with Crippen LogP contribution in [0, 0.1) is 0 Å². The zero-order valence-corrected chi connectivity index (χ0v) is 13.0. The van der Waals surface area contributed by atoms with Gasteiger partial charge in [-0.2, -0.15) is 0 Å². The van der Waals surface area contributed by atoms with Gasteiger partial charge in [-0.1, -0.05) is 18.5 Å². The molecule has 1 aromatic carbocycles. The number of hydrogen-bond donors (Lipinski definition) is 2. The van der Waals surface area contributed by atoms with Gasteiger partial charge in [-0.15, -0.1) is 0 Å². The van der Waals surface area contributed by atoms with Gasteiger partial charge in [0.25, 0.3) is 0 Å². The van der Waals surface area contributed by atoms with Crippen molar-refractivity contribution in [1.82, 2.24) is 5.32 Å². The minimum absolute atomic E-state index is 0.287. The Morgan fingerprint density at radius 3 is 3.05 bits per heavy atom. The topological polar surface area (TPSA) is 35.5 Å². The summed E-state index contributed by atoms with van der Waals surface area (Å²) in [5.74, 6) is 0. The molecule has 1 atom stereocenters. The maximum atomic E-state index is 9.04. The number of rotatable bonds is 7. The number of halogens is 1. The average Bonchev–Trinajstić information content (AvgIpc) is 2.91. The average molecular weight is 297 g/mol. The van der Waals surface area contributed by atoms with Crippen LogP contribution in [0.25, 0.3) is 0 Å². The van der Waals surface area contributed by atoms with Crippen molar-refractivity contribution in [3.63, 3.8) is 0 Å². The molecule has 0 amide bonds. The van der Waals surface area contributed by atoms with Gasteiger partial charge in [-0.25, -0.2) is 0 Å². The maximum absolute atomic E-state index is 9.04. The van der Waals surface area contributed by atoms with E-state index in [1.54, 1.807) is 0 Å². The van der Waals surface area contributed by atoms with Crippen LogP contribution < -0.4 is 10.2 Å². The van der Waals surface area contributed by atoms with Crippen LogP contribution in [-0.4, -0.2) is 30.8 Å². The summed E-state index contributed by atoms with van der Waals surface area (Å²) in [5.41, 5.74) is 2.58. The monoisotopic (exact) mass is 296 g/mol. The molecule has 1 unspecified atom stereocenters. The van der Waals surface area contributed by atoms with E-state index in [1.807, 2.05) is 6.07 Å². The first kappa shape index (κ1) is 15.6. The molecule has 2 rings (SSSR count). The number of aliphatic hydroxyl groups is 1. The Morgan fingerprint density at radius 1 is 1.45 bits per heavy atom. The molecular weight excluding hydrogens is 272 g/mol. The summed E-state index contributed by atoms with van der Waals surface area (Å²) in [5, 5.41) is 13.2. The zero-order valence-electron chi connectivity index (χ0n) is 12.2. The van der Waals surface area contributed by atoms with Gasteiger partial charge in [0, 0.05) is 36.4 Å². The number of anilines is 1. The SMILES string of the molecule is CCNCc1cc(Cl)ccc1N1CCCC1CCCO. The maximum Gasteiger partial charge on any atom is 0.0431 e. The van der Waals surface area contributed by atoms with Gasteiger partial charge in [-0.3, -0.25) is 0 Å². The molecule has 1 fully saturated rings. The fraction of sp³-hybridized carbons (Fsp3) is 0.625. The lowest BCUT2D eigenvalue weighted by molar-refractivity contribution is 0.279. The second-order valence-corrected chi connectivity index (χ2v) is 5.85. The number of hydrogen-bond acceptors (Lipinski definition) is 3. The fourth-order valence-corrected chi connectivity index (χ4v) is 3.21. The van der Waals surface area contributed by atoms with E-state index in [2.05, 4.69) is 29.3 Å². The lowest BCUT2D eigenvalue weighted by Gasteiger charge is -2.29. The van der Waals surface area contributed by atoms with Crippen molar-refractivity contribution in [2.24, 2.45) is 0 Å². The first-order chi connectivity index (χ1) is 9.76. The van der Waals surface area contributed by atoms with Crippen LogP contribution in [0.5, 0.6) is 0 Å². The largest absolute Gasteiger partial charge is 0.396 e. The molecule has 1 aliphatic heterocycles. The van der Waals surface area contributed by atoms with Gasteiger partial charge < -0.3 is 15.3 Å². The van der Waals surface area contributed by atoms with Crippen molar-refractivity contribution in [1.29, 1.82) is 0 Å². The third-order valence-electron chi connectivity index (χ3n) is 3.99. The standard InChI is InChI=1S/C16H25ClN2O/c1-2-18-12-13-11-14(17)7-8-16(13)19-9-3-5-15(19)6-4-10-20/h7-8,11,15,18,20H,2-6,9-10,12H2,1H3. The van der Waals surface area contributed by atoms with Crippen molar-refractivity contribution >= 4 is 17.3 Å². The van der Waals surface area contributed by atoms with Gasteiger partial charge in [0.05, 0.1) is 0 Å². The third-order valence-corrected chi connectivity index (χ3v) is 4.22. The summed E-state index contributed by atoms with van der Waals surface area (Å²) in [7, 11) is 0. The lowest BCUT2D eigenvalue weighted by atomic mass is 10.1. The zero-order chi connectivity index (χ0) is 14.4. The Balaban J connectivity index is 2.17. The highest BCUT2D eigenvalue weighted by atomic mass is 35.5. The molecule has 3 nitrogen and oxygen atoms in total. The van der Waals surface area contributed by atoms with Crippen molar-refractivity contribution in [2.75, 3.05) is 24.6 Å². The Hall–Kier alpha value is -0.770. The van der Waals surface area contributed by atoms with Crippen molar-refractivity contribution < 1.29 is 5.11 Å². The number of nitrogens with one attached hydrogen (secondary N) is 1. The minimum atomic E-state index is 0.287. The molecule has 0 aromatic heterocycles. The molecule has 0 spiro atoms. The van der Waals surface area contributed by atoms with Crippen LogP contribution in [0.3, 0.4) is 0 Å². The summed E-state index contributed by atoms with van der Waals surface area (Å²) < 4.78 is 0. The molecular formula is C16H25ClN2O. The van der Waals surface area contributed by atoms with Gasteiger partial charge in [0.2, 0.25) is 0 Å². The predicted octanol–water partition coefficient (Wildman–Crippen LogP) is 3.19. The number of nitrogens with zero attached hydrogens (tertiary/aromatic N) is 1. The smallest absolute Gasteiger partial charge is 0.0431 e. The normalized spacial score (nSPS) is 18.8. The first-order valence-corrected chi connectivity index (χ1v) is 8.00.